The Morgan fingerprint density at radius 3 is 3.10 bits per heavy atom. The van der Waals surface area contributed by atoms with Crippen LogP contribution in [0, 0.1) is 6.92 Å². The van der Waals surface area contributed by atoms with Crippen LogP contribution in [0.3, 0.4) is 0 Å². The largest absolute Gasteiger partial charge is 0.370 e. The molecule has 4 nitrogen and oxygen atoms in total. The first-order valence-corrected chi connectivity index (χ1v) is 7.24. The van der Waals surface area contributed by atoms with Crippen LogP contribution >= 0.6 is 11.6 Å². The van der Waals surface area contributed by atoms with Gasteiger partial charge in [0.2, 0.25) is 0 Å². The molecule has 3 rings (SSSR count). The Balaban J connectivity index is 1.54. The van der Waals surface area contributed by atoms with E-state index in [1.165, 1.54) is 5.69 Å². The van der Waals surface area contributed by atoms with Gasteiger partial charge in [0.1, 0.15) is 5.76 Å². The van der Waals surface area contributed by atoms with Gasteiger partial charge in [-0.25, -0.2) is 0 Å². The van der Waals surface area contributed by atoms with E-state index in [1.54, 1.807) is 0 Å². The van der Waals surface area contributed by atoms with Crippen LogP contribution in [0.2, 0.25) is 5.02 Å². The van der Waals surface area contributed by atoms with Crippen LogP contribution in [0.5, 0.6) is 0 Å². The van der Waals surface area contributed by atoms with Gasteiger partial charge in [-0.1, -0.05) is 22.8 Å². The van der Waals surface area contributed by atoms with E-state index < -0.39 is 0 Å². The van der Waals surface area contributed by atoms with E-state index in [0.717, 1.165) is 42.5 Å². The quantitative estimate of drug-likeness (QED) is 0.940. The van der Waals surface area contributed by atoms with Gasteiger partial charge >= 0.3 is 0 Å². The number of rotatable bonds is 4. The molecule has 1 aromatic carbocycles. The molecule has 0 saturated carbocycles. The minimum absolute atomic E-state index is 0.478. The maximum absolute atomic E-state index is 6.04. The Morgan fingerprint density at radius 1 is 1.45 bits per heavy atom. The molecule has 1 fully saturated rings. The molecule has 1 saturated heterocycles. The normalized spacial score (nSPS) is 18.7. The number of hydrogen-bond donors (Lipinski definition) is 1. The molecule has 1 unspecified atom stereocenters. The van der Waals surface area contributed by atoms with Crippen molar-refractivity contribution in [3.8, 4) is 0 Å². The number of nitrogens with one attached hydrogen (secondary N) is 1. The van der Waals surface area contributed by atoms with Gasteiger partial charge in [0, 0.05) is 42.5 Å². The summed E-state index contributed by atoms with van der Waals surface area (Å²) >= 11 is 6.04. The number of aryl methyl sites for hydroxylation is 1. The van der Waals surface area contributed by atoms with Gasteiger partial charge in [0.05, 0.1) is 5.69 Å². The van der Waals surface area contributed by atoms with Crippen LogP contribution < -0.4 is 10.2 Å². The average Bonchev–Trinajstić information content (AvgIpc) is 3.05. The average molecular weight is 292 g/mol. The Morgan fingerprint density at radius 2 is 2.35 bits per heavy atom. The smallest absolute Gasteiger partial charge is 0.133 e. The van der Waals surface area contributed by atoms with Crippen molar-refractivity contribution in [2.45, 2.75) is 25.9 Å². The third-order valence-corrected chi connectivity index (χ3v) is 3.85. The van der Waals surface area contributed by atoms with Crippen molar-refractivity contribution < 1.29 is 4.52 Å². The summed E-state index contributed by atoms with van der Waals surface area (Å²) in [6, 6.07) is 10.5. The van der Waals surface area contributed by atoms with Crippen molar-refractivity contribution in [2.24, 2.45) is 0 Å². The highest BCUT2D eigenvalue weighted by Crippen LogP contribution is 2.23. The molecule has 1 N–H and O–H groups in total. The Bertz CT molecular complexity index is 584. The zero-order valence-electron chi connectivity index (χ0n) is 11.5. The van der Waals surface area contributed by atoms with Crippen LogP contribution in [0.1, 0.15) is 17.9 Å². The Kier molecular flexibility index (Phi) is 3.94. The summed E-state index contributed by atoms with van der Waals surface area (Å²) in [4.78, 5) is 2.36. The fourth-order valence-corrected chi connectivity index (χ4v) is 2.77. The molecule has 106 valence electrons. The molecule has 0 amide bonds. The van der Waals surface area contributed by atoms with Crippen molar-refractivity contribution in [1.29, 1.82) is 0 Å². The van der Waals surface area contributed by atoms with Crippen LogP contribution in [-0.4, -0.2) is 24.3 Å². The molecule has 20 heavy (non-hydrogen) atoms. The molecule has 1 aliphatic rings. The SMILES string of the molecule is Cc1cc(CNC2CCN(c3cccc(Cl)c3)C2)no1. The lowest BCUT2D eigenvalue weighted by Gasteiger charge is -2.19. The minimum atomic E-state index is 0.478. The second-order valence-corrected chi connectivity index (χ2v) is 5.66. The number of nitrogens with zero attached hydrogens (tertiary/aromatic N) is 2. The molecule has 1 aromatic heterocycles. The van der Waals surface area contributed by atoms with E-state index in [0.29, 0.717) is 6.04 Å². The highest BCUT2D eigenvalue weighted by Gasteiger charge is 2.22. The minimum Gasteiger partial charge on any atom is -0.370 e. The fourth-order valence-electron chi connectivity index (χ4n) is 2.58. The van der Waals surface area contributed by atoms with Crippen molar-refractivity contribution in [3.05, 3.63) is 46.8 Å². The number of anilines is 1. The molecule has 1 aliphatic heterocycles. The highest BCUT2D eigenvalue weighted by molar-refractivity contribution is 6.30. The van der Waals surface area contributed by atoms with E-state index in [-0.39, 0.29) is 0 Å². The molecule has 0 spiro atoms. The molecular weight excluding hydrogens is 274 g/mol. The first kappa shape index (κ1) is 13.5. The second kappa shape index (κ2) is 5.85. The topological polar surface area (TPSA) is 41.3 Å². The van der Waals surface area contributed by atoms with Crippen molar-refractivity contribution in [3.63, 3.8) is 0 Å². The van der Waals surface area contributed by atoms with Gasteiger partial charge in [-0.2, -0.15) is 0 Å². The Hall–Kier alpha value is -1.52. The molecule has 0 aliphatic carbocycles. The number of benzene rings is 1. The monoisotopic (exact) mass is 291 g/mol. The molecular formula is C15H18ClN3O. The number of halogens is 1. The van der Waals surface area contributed by atoms with E-state index in [4.69, 9.17) is 16.1 Å². The highest BCUT2D eigenvalue weighted by atomic mass is 35.5. The first-order valence-electron chi connectivity index (χ1n) is 6.87. The lowest BCUT2D eigenvalue weighted by atomic mass is 10.2. The van der Waals surface area contributed by atoms with Gasteiger partial charge in [0.25, 0.3) is 0 Å². The molecule has 1 atom stereocenters. The van der Waals surface area contributed by atoms with E-state index >= 15 is 0 Å². The van der Waals surface area contributed by atoms with Gasteiger partial charge in [-0.15, -0.1) is 0 Å². The van der Waals surface area contributed by atoms with Crippen LogP contribution in [0.15, 0.2) is 34.9 Å². The van der Waals surface area contributed by atoms with Crippen LogP contribution in [-0.2, 0) is 6.54 Å². The maximum Gasteiger partial charge on any atom is 0.133 e. The van der Waals surface area contributed by atoms with Crippen molar-refractivity contribution >= 4 is 17.3 Å². The summed E-state index contributed by atoms with van der Waals surface area (Å²) in [6.45, 7) is 4.71. The second-order valence-electron chi connectivity index (χ2n) is 5.22. The summed E-state index contributed by atoms with van der Waals surface area (Å²) < 4.78 is 5.07. The number of aromatic nitrogens is 1. The number of hydrogen-bond acceptors (Lipinski definition) is 4. The van der Waals surface area contributed by atoms with Gasteiger partial charge in [-0.3, -0.25) is 0 Å². The lowest BCUT2D eigenvalue weighted by molar-refractivity contribution is 0.386. The van der Waals surface area contributed by atoms with E-state index in [2.05, 4.69) is 21.4 Å². The zero-order valence-corrected chi connectivity index (χ0v) is 12.2. The zero-order chi connectivity index (χ0) is 13.9. The molecule has 2 heterocycles. The first-order chi connectivity index (χ1) is 9.70. The van der Waals surface area contributed by atoms with Gasteiger partial charge in [-0.05, 0) is 31.5 Å². The summed E-state index contributed by atoms with van der Waals surface area (Å²) in [5, 5.41) is 8.31. The van der Waals surface area contributed by atoms with E-state index in [9.17, 15) is 0 Å². The lowest BCUT2D eigenvalue weighted by Crippen LogP contribution is -2.32. The predicted octanol–water partition coefficient (Wildman–Crippen LogP) is 3.00. The molecule has 2 aromatic rings. The summed E-state index contributed by atoms with van der Waals surface area (Å²) in [7, 11) is 0. The van der Waals surface area contributed by atoms with Crippen LogP contribution in [0.25, 0.3) is 0 Å². The van der Waals surface area contributed by atoms with Crippen LogP contribution in [0.4, 0.5) is 5.69 Å². The summed E-state index contributed by atoms with van der Waals surface area (Å²) in [5.74, 6) is 0.855. The van der Waals surface area contributed by atoms with Crippen molar-refractivity contribution in [1.82, 2.24) is 10.5 Å². The van der Waals surface area contributed by atoms with E-state index in [1.807, 2.05) is 31.2 Å². The van der Waals surface area contributed by atoms with Gasteiger partial charge in [0.15, 0.2) is 0 Å². The molecule has 5 heteroatoms. The fraction of sp³-hybridized carbons (Fsp3) is 0.400. The third kappa shape index (κ3) is 3.14. The predicted molar refractivity (Wildman–Crippen MR) is 80.1 cm³/mol. The standard InChI is InChI=1S/C15H18ClN3O/c1-11-7-14(18-20-11)9-17-13-5-6-19(10-13)15-4-2-3-12(16)8-15/h2-4,7-8,13,17H,5-6,9-10H2,1H3. The summed E-state index contributed by atoms with van der Waals surface area (Å²) in [6.07, 6.45) is 1.13. The maximum atomic E-state index is 6.04. The van der Waals surface area contributed by atoms with Gasteiger partial charge < -0.3 is 14.7 Å². The Labute approximate surface area is 123 Å². The van der Waals surface area contributed by atoms with Crippen molar-refractivity contribution in [2.75, 3.05) is 18.0 Å². The third-order valence-electron chi connectivity index (χ3n) is 3.61. The molecule has 0 bridgehead atoms. The summed E-state index contributed by atoms with van der Waals surface area (Å²) in [5.41, 5.74) is 2.16. The molecule has 0 radical (unpaired) electrons.